The molecule has 2 aliphatic carbocycles. The highest BCUT2D eigenvalue weighted by molar-refractivity contribution is 5.76. The van der Waals surface area contributed by atoms with Crippen molar-refractivity contribution in [1.82, 2.24) is 14.7 Å². The van der Waals surface area contributed by atoms with Gasteiger partial charge in [0.2, 0.25) is 6.23 Å². The van der Waals surface area contributed by atoms with Crippen molar-refractivity contribution in [1.29, 1.82) is 5.41 Å². The van der Waals surface area contributed by atoms with Crippen LogP contribution in [-0.4, -0.2) is 96.7 Å². The van der Waals surface area contributed by atoms with Crippen LogP contribution in [0.3, 0.4) is 0 Å². The number of hydrogen-bond donors (Lipinski definition) is 2. The standard InChI is InChI=1S/C23H38F5N5O2/c1-2-31-9-11-32(12-10-31)22(34)33(18-7-5-17(24)6-8-18)14-16-4-3-15(13-19(16)25)20(29)35-21(30)23(26,27)28/h15-19,21,29H,2-14,30H2,1H3. The minimum atomic E-state index is -4.80. The molecular weight excluding hydrogens is 473 g/mol. The van der Waals surface area contributed by atoms with E-state index in [1.54, 1.807) is 9.80 Å². The molecule has 0 aromatic carbocycles. The van der Waals surface area contributed by atoms with E-state index in [9.17, 15) is 22.4 Å². The molecule has 4 unspecified atom stereocenters. The minimum absolute atomic E-state index is 0.149. The summed E-state index contributed by atoms with van der Waals surface area (Å²) in [4.78, 5) is 19.2. The first-order valence-electron chi connectivity index (χ1n) is 12.6. The van der Waals surface area contributed by atoms with E-state index < -0.39 is 42.5 Å². The van der Waals surface area contributed by atoms with Crippen LogP contribution in [0.25, 0.3) is 0 Å². The molecule has 1 heterocycles. The molecule has 2 amide bonds. The van der Waals surface area contributed by atoms with Crippen molar-refractivity contribution in [2.45, 2.75) is 82.7 Å². The molecule has 35 heavy (non-hydrogen) atoms. The quantitative estimate of drug-likeness (QED) is 0.245. The van der Waals surface area contributed by atoms with Crippen LogP contribution in [0.15, 0.2) is 0 Å². The average Bonchev–Trinajstić information content (AvgIpc) is 2.83. The molecular formula is C23H38F5N5O2. The lowest BCUT2D eigenvalue weighted by molar-refractivity contribution is -0.198. The van der Waals surface area contributed by atoms with E-state index in [2.05, 4.69) is 16.6 Å². The fourth-order valence-corrected chi connectivity index (χ4v) is 5.34. The van der Waals surface area contributed by atoms with Gasteiger partial charge in [0, 0.05) is 50.6 Å². The molecule has 2 saturated carbocycles. The Labute approximate surface area is 203 Å². The first kappa shape index (κ1) is 27.9. The van der Waals surface area contributed by atoms with E-state index >= 15 is 4.39 Å². The van der Waals surface area contributed by atoms with Gasteiger partial charge < -0.3 is 19.4 Å². The number of nitrogens with one attached hydrogen (secondary N) is 1. The smallest absolute Gasteiger partial charge is 0.439 e. The Hall–Kier alpha value is -1.69. The Morgan fingerprint density at radius 2 is 1.71 bits per heavy atom. The molecule has 1 saturated heterocycles. The third-order valence-corrected chi connectivity index (χ3v) is 7.69. The molecule has 1 aliphatic heterocycles. The maximum atomic E-state index is 15.2. The van der Waals surface area contributed by atoms with E-state index in [4.69, 9.17) is 11.1 Å². The first-order valence-corrected chi connectivity index (χ1v) is 12.6. The highest BCUT2D eigenvalue weighted by Crippen LogP contribution is 2.35. The van der Waals surface area contributed by atoms with Crippen molar-refractivity contribution >= 4 is 11.9 Å². The lowest BCUT2D eigenvalue weighted by atomic mass is 9.79. The van der Waals surface area contributed by atoms with E-state index in [0.717, 1.165) is 19.6 Å². The van der Waals surface area contributed by atoms with Crippen LogP contribution in [-0.2, 0) is 4.74 Å². The predicted molar refractivity (Wildman–Crippen MR) is 122 cm³/mol. The number of nitrogens with two attached hydrogens (primary N) is 1. The third kappa shape index (κ3) is 7.41. The maximum absolute atomic E-state index is 15.2. The number of carbonyl (C=O) groups is 1. The van der Waals surface area contributed by atoms with Crippen molar-refractivity contribution < 1.29 is 31.5 Å². The number of amides is 2. The molecule has 0 spiro atoms. The molecule has 7 nitrogen and oxygen atoms in total. The monoisotopic (exact) mass is 511 g/mol. The molecule has 0 aromatic heterocycles. The molecule has 202 valence electrons. The summed E-state index contributed by atoms with van der Waals surface area (Å²) in [7, 11) is 0. The molecule has 4 atom stereocenters. The predicted octanol–water partition coefficient (Wildman–Crippen LogP) is 3.92. The Morgan fingerprint density at radius 1 is 1.09 bits per heavy atom. The highest BCUT2D eigenvalue weighted by atomic mass is 19.4. The Morgan fingerprint density at radius 3 is 2.26 bits per heavy atom. The van der Waals surface area contributed by atoms with Crippen molar-refractivity contribution in [3.63, 3.8) is 0 Å². The van der Waals surface area contributed by atoms with Gasteiger partial charge in [0.25, 0.3) is 0 Å². The fourth-order valence-electron chi connectivity index (χ4n) is 5.34. The van der Waals surface area contributed by atoms with Gasteiger partial charge in [-0.05, 0) is 51.5 Å². The molecule has 3 aliphatic rings. The van der Waals surface area contributed by atoms with Gasteiger partial charge in [-0.25, -0.2) is 13.6 Å². The molecule has 3 fully saturated rings. The summed E-state index contributed by atoms with van der Waals surface area (Å²) < 4.78 is 71.4. The van der Waals surface area contributed by atoms with Crippen LogP contribution in [0.2, 0.25) is 0 Å². The Bertz CT molecular complexity index is 711. The number of urea groups is 1. The molecule has 12 heteroatoms. The summed E-state index contributed by atoms with van der Waals surface area (Å²) in [5.74, 6) is -1.94. The van der Waals surface area contributed by atoms with Gasteiger partial charge in [-0.3, -0.25) is 11.1 Å². The van der Waals surface area contributed by atoms with Crippen LogP contribution < -0.4 is 5.73 Å². The SMILES string of the molecule is CCN1CCN(C(=O)N(CC2CCC(C(=N)OC(N)C(F)(F)F)CC2F)C2CCC(F)CC2)CC1. The summed E-state index contributed by atoms with van der Waals surface area (Å²) in [6.07, 6.45) is -7.45. The summed E-state index contributed by atoms with van der Waals surface area (Å²) in [6.45, 7) is 5.87. The molecule has 0 radical (unpaired) electrons. The fraction of sp³-hybridized carbons (Fsp3) is 0.913. The van der Waals surface area contributed by atoms with Crippen molar-refractivity contribution in [3.8, 4) is 0 Å². The van der Waals surface area contributed by atoms with Crippen LogP contribution in [0.5, 0.6) is 0 Å². The van der Waals surface area contributed by atoms with Crippen LogP contribution in [0.4, 0.5) is 26.7 Å². The summed E-state index contributed by atoms with van der Waals surface area (Å²) >= 11 is 0. The van der Waals surface area contributed by atoms with Gasteiger partial charge in [0.15, 0.2) is 5.90 Å². The van der Waals surface area contributed by atoms with E-state index in [1.165, 1.54) is 0 Å². The average molecular weight is 512 g/mol. The lowest BCUT2D eigenvalue weighted by Gasteiger charge is -2.43. The molecule has 3 N–H and O–H groups in total. The number of alkyl halides is 5. The van der Waals surface area contributed by atoms with Gasteiger partial charge >= 0.3 is 12.2 Å². The topological polar surface area (TPSA) is 85.9 Å². The number of carbonyl (C=O) groups excluding carboxylic acids is 1. The number of likely N-dealkylation sites (N-methyl/N-ethyl adjacent to an activating group) is 1. The Kier molecular flexibility index (Phi) is 9.59. The maximum Gasteiger partial charge on any atom is 0.439 e. The summed E-state index contributed by atoms with van der Waals surface area (Å²) in [5.41, 5.74) is 4.94. The van der Waals surface area contributed by atoms with Crippen molar-refractivity contribution in [2.75, 3.05) is 39.3 Å². The van der Waals surface area contributed by atoms with Gasteiger partial charge in [0.1, 0.15) is 12.3 Å². The van der Waals surface area contributed by atoms with Gasteiger partial charge in [-0.15, -0.1) is 0 Å². The number of ether oxygens (including phenoxy) is 1. The zero-order valence-corrected chi connectivity index (χ0v) is 20.3. The number of nitrogens with zero attached hydrogens (tertiary/aromatic N) is 3. The molecule has 3 rings (SSSR count). The molecule has 0 bridgehead atoms. The molecule has 0 aromatic rings. The van der Waals surface area contributed by atoms with E-state index in [-0.39, 0.29) is 31.5 Å². The minimum Gasteiger partial charge on any atom is -0.453 e. The first-order chi connectivity index (χ1) is 16.5. The van der Waals surface area contributed by atoms with Crippen LogP contribution in [0, 0.1) is 17.2 Å². The number of hydrogen-bond acceptors (Lipinski definition) is 5. The summed E-state index contributed by atoms with van der Waals surface area (Å²) in [6, 6.07) is -0.306. The normalized spacial score (nSPS) is 31.6. The van der Waals surface area contributed by atoms with Gasteiger partial charge in [-0.2, -0.15) is 13.2 Å². The number of rotatable bonds is 6. The largest absolute Gasteiger partial charge is 0.453 e. The van der Waals surface area contributed by atoms with Crippen molar-refractivity contribution in [3.05, 3.63) is 0 Å². The van der Waals surface area contributed by atoms with Crippen molar-refractivity contribution in [2.24, 2.45) is 17.6 Å². The number of piperazine rings is 1. The lowest BCUT2D eigenvalue weighted by Crippen LogP contribution is -2.56. The number of halogens is 5. The van der Waals surface area contributed by atoms with E-state index in [1.807, 2.05) is 0 Å². The van der Waals surface area contributed by atoms with Gasteiger partial charge in [0.05, 0.1) is 0 Å². The zero-order valence-electron chi connectivity index (χ0n) is 20.3. The van der Waals surface area contributed by atoms with Gasteiger partial charge in [-0.1, -0.05) is 6.92 Å². The summed E-state index contributed by atoms with van der Waals surface area (Å²) in [5, 5.41) is 7.82. The zero-order chi connectivity index (χ0) is 25.8. The second kappa shape index (κ2) is 12.0. The second-order valence-electron chi connectivity index (χ2n) is 9.99. The van der Waals surface area contributed by atoms with E-state index in [0.29, 0.717) is 45.2 Å². The van der Waals surface area contributed by atoms with Crippen LogP contribution >= 0.6 is 0 Å². The van der Waals surface area contributed by atoms with Crippen LogP contribution in [0.1, 0.15) is 51.9 Å². The third-order valence-electron chi connectivity index (χ3n) is 7.69. The highest BCUT2D eigenvalue weighted by Gasteiger charge is 2.42. The Balaban J connectivity index is 1.62. The second-order valence-corrected chi connectivity index (χ2v) is 9.99.